The maximum absolute atomic E-state index is 4.20. The maximum Gasteiger partial charge on any atom is 0.0800 e. The highest BCUT2D eigenvalue weighted by molar-refractivity contribution is 7.05. The highest BCUT2D eigenvalue weighted by Crippen LogP contribution is 2.26. The van der Waals surface area contributed by atoms with Crippen LogP contribution < -0.4 is 5.32 Å². The molecule has 16 heavy (non-hydrogen) atoms. The van der Waals surface area contributed by atoms with Crippen LogP contribution in [0.2, 0.25) is 0 Å². The van der Waals surface area contributed by atoms with Gasteiger partial charge in [0.2, 0.25) is 0 Å². The molecule has 0 aromatic carbocycles. The summed E-state index contributed by atoms with van der Waals surface area (Å²) in [6, 6.07) is 0.440. The summed E-state index contributed by atoms with van der Waals surface area (Å²) < 4.78 is 4.08. The predicted octanol–water partition coefficient (Wildman–Crippen LogP) is 3.19. The van der Waals surface area contributed by atoms with Crippen molar-refractivity contribution in [2.75, 3.05) is 6.54 Å². The molecule has 1 unspecified atom stereocenters. The molecule has 1 N–H and O–H groups in total. The van der Waals surface area contributed by atoms with Gasteiger partial charge in [0.1, 0.15) is 0 Å². The zero-order chi connectivity index (χ0) is 12.0. The first-order valence-electron chi connectivity index (χ1n) is 6.23. The van der Waals surface area contributed by atoms with Gasteiger partial charge >= 0.3 is 0 Å². The number of nitrogens with zero attached hydrogens (tertiary/aromatic N) is 2. The fraction of sp³-hybridized carbons (Fsp3) is 0.833. The lowest BCUT2D eigenvalue weighted by Gasteiger charge is -2.19. The van der Waals surface area contributed by atoms with Crippen molar-refractivity contribution in [1.29, 1.82) is 0 Å². The topological polar surface area (TPSA) is 37.8 Å². The van der Waals surface area contributed by atoms with E-state index in [0.29, 0.717) is 12.0 Å². The number of hydrogen-bond donors (Lipinski definition) is 1. The number of nitrogens with one attached hydrogen (secondary N) is 1. The van der Waals surface area contributed by atoms with Gasteiger partial charge in [-0.15, -0.1) is 5.10 Å². The van der Waals surface area contributed by atoms with Crippen LogP contribution in [0, 0.1) is 5.92 Å². The summed E-state index contributed by atoms with van der Waals surface area (Å²) in [6.07, 6.45) is 3.31. The second-order valence-corrected chi connectivity index (χ2v) is 5.36. The van der Waals surface area contributed by atoms with Gasteiger partial charge in [0.15, 0.2) is 0 Å². The number of aryl methyl sites for hydroxylation is 1. The molecule has 1 aromatic heterocycles. The average Bonchev–Trinajstić information content (AvgIpc) is 2.71. The van der Waals surface area contributed by atoms with Crippen LogP contribution in [-0.2, 0) is 6.42 Å². The van der Waals surface area contributed by atoms with Crippen molar-refractivity contribution in [2.45, 2.75) is 53.0 Å². The zero-order valence-corrected chi connectivity index (χ0v) is 11.6. The summed E-state index contributed by atoms with van der Waals surface area (Å²) in [4.78, 5) is 1.34. The molecule has 0 bridgehead atoms. The quantitative estimate of drug-likeness (QED) is 0.796. The molecule has 0 radical (unpaired) electrons. The smallest absolute Gasteiger partial charge is 0.0800 e. The minimum Gasteiger partial charge on any atom is -0.309 e. The number of rotatable bonds is 7. The summed E-state index contributed by atoms with van der Waals surface area (Å²) in [6.45, 7) is 9.94. The lowest BCUT2D eigenvalue weighted by atomic mass is 10.0. The summed E-state index contributed by atoms with van der Waals surface area (Å²) in [7, 11) is 0. The Morgan fingerprint density at radius 3 is 2.62 bits per heavy atom. The standard InChI is InChI=1S/C12H23N3S/c1-5-7-13-11(8-9(3)4)12-10(6-2)14-15-16-12/h9,11,13H,5-8H2,1-4H3. The highest BCUT2D eigenvalue weighted by Gasteiger charge is 2.18. The number of hydrogen-bond acceptors (Lipinski definition) is 4. The lowest BCUT2D eigenvalue weighted by Crippen LogP contribution is -2.23. The van der Waals surface area contributed by atoms with E-state index < -0.39 is 0 Å². The Kier molecular flexibility index (Phi) is 5.91. The van der Waals surface area contributed by atoms with Crippen LogP contribution in [0.25, 0.3) is 0 Å². The highest BCUT2D eigenvalue weighted by atomic mass is 32.1. The molecule has 1 atom stereocenters. The molecule has 1 heterocycles. The summed E-state index contributed by atoms with van der Waals surface area (Å²) in [5.41, 5.74) is 1.17. The van der Waals surface area contributed by atoms with Crippen molar-refractivity contribution in [2.24, 2.45) is 5.92 Å². The van der Waals surface area contributed by atoms with Crippen LogP contribution in [0.4, 0.5) is 0 Å². The molecule has 1 rings (SSSR count). The van der Waals surface area contributed by atoms with Crippen molar-refractivity contribution >= 4 is 11.5 Å². The van der Waals surface area contributed by atoms with E-state index in [1.165, 1.54) is 17.0 Å². The van der Waals surface area contributed by atoms with Gasteiger partial charge in [-0.05, 0) is 43.3 Å². The van der Waals surface area contributed by atoms with Crippen molar-refractivity contribution in [1.82, 2.24) is 14.9 Å². The van der Waals surface area contributed by atoms with E-state index in [-0.39, 0.29) is 0 Å². The molecule has 0 aliphatic carbocycles. The first-order chi connectivity index (χ1) is 7.69. The minimum absolute atomic E-state index is 0.440. The molecule has 0 amide bonds. The molecule has 0 saturated heterocycles. The Balaban J connectivity index is 2.74. The molecule has 1 aromatic rings. The van der Waals surface area contributed by atoms with Crippen LogP contribution in [0.3, 0.4) is 0 Å². The second-order valence-electron chi connectivity index (χ2n) is 4.57. The summed E-state index contributed by atoms with van der Waals surface area (Å²) in [5.74, 6) is 0.696. The monoisotopic (exact) mass is 241 g/mol. The second kappa shape index (κ2) is 6.97. The van der Waals surface area contributed by atoms with Gasteiger partial charge in [0.05, 0.1) is 10.6 Å². The molecular formula is C12H23N3S. The number of aromatic nitrogens is 2. The van der Waals surface area contributed by atoms with E-state index in [1.807, 2.05) is 0 Å². The molecule has 0 aliphatic heterocycles. The molecular weight excluding hydrogens is 218 g/mol. The predicted molar refractivity (Wildman–Crippen MR) is 69.8 cm³/mol. The van der Waals surface area contributed by atoms with E-state index in [4.69, 9.17) is 0 Å². The zero-order valence-electron chi connectivity index (χ0n) is 10.8. The van der Waals surface area contributed by atoms with Crippen molar-refractivity contribution in [3.05, 3.63) is 10.6 Å². The molecule has 0 saturated carbocycles. The Morgan fingerprint density at radius 1 is 1.31 bits per heavy atom. The Hall–Kier alpha value is -0.480. The molecule has 0 spiro atoms. The minimum atomic E-state index is 0.440. The van der Waals surface area contributed by atoms with E-state index in [9.17, 15) is 0 Å². The third kappa shape index (κ3) is 3.83. The largest absolute Gasteiger partial charge is 0.309 e. The maximum atomic E-state index is 4.20. The molecule has 3 nitrogen and oxygen atoms in total. The normalized spacial score (nSPS) is 13.3. The fourth-order valence-electron chi connectivity index (χ4n) is 1.80. The Bertz CT molecular complexity index is 296. The van der Waals surface area contributed by atoms with Gasteiger partial charge in [-0.1, -0.05) is 32.2 Å². The first kappa shape index (κ1) is 13.6. The fourth-order valence-corrected chi connectivity index (χ4v) is 2.62. The molecule has 92 valence electrons. The van der Waals surface area contributed by atoms with E-state index in [0.717, 1.165) is 19.4 Å². The van der Waals surface area contributed by atoms with Crippen LogP contribution in [0.15, 0.2) is 0 Å². The molecule has 0 aliphatic rings. The summed E-state index contributed by atoms with van der Waals surface area (Å²) >= 11 is 1.55. The Labute approximate surface area is 103 Å². The van der Waals surface area contributed by atoms with E-state index in [2.05, 4.69) is 42.6 Å². The van der Waals surface area contributed by atoms with Crippen LogP contribution >= 0.6 is 11.5 Å². The van der Waals surface area contributed by atoms with Gasteiger partial charge in [0.25, 0.3) is 0 Å². The van der Waals surface area contributed by atoms with Gasteiger partial charge < -0.3 is 5.32 Å². The van der Waals surface area contributed by atoms with Gasteiger partial charge in [0, 0.05) is 6.04 Å². The molecule has 0 fully saturated rings. The van der Waals surface area contributed by atoms with Crippen LogP contribution in [0.5, 0.6) is 0 Å². The summed E-state index contributed by atoms with van der Waals surface area (Å²) in [5, 5.41) is 7.81. The van der Waals surface area contributed by atoms with Crippen molar-refractivity contribution in [3.8, 4) is 0 Å². The lowest BCUT2D eigenvalue weighted by molar-refractivity contribution is 0.433. The van der Waals surface area contributed by atoms with Crippen LogP contribution in [0.1, 0.15) is 57.1 Å². The first-order valence-corrected chi connectivity index (χ1v) is 7.00. The Morgan fingerprint density at radius 2 is 2.06 bits per heavy atom. The van der Waals surface area contributed by atoms with Gasteiger partial charge in [-0.2, -0.15) is 0 Å². The van der Waals surface area contributed by atoms with Crippen molar-refractivity contribution < 1.29 is 0 Å². The van der Waals surface area contributed by atoms with Crippen LogP contribution in [-0.4, -0.2) is 16.1 Å². The third-order valence-electron chi connectivity index (χ3n) is 2.58. The molecule has 4 heteroatoms. The van der Waals surface area contributed by atoms with Gasteiger partial charge in [-0.25, -0.2) is 0 Å². The third-order valence-corrected chi connectivity index (χ3v) is 3.46. The SMILES string of the molecule is CCCNC(CC(C)C)c1snnc1CC. The average molecular weight is 241 g/mol. The van der Waals surface area contributed by atoms with Gasteiger partial charge in [-0.3, -0.25) is 0 Å². The van der Waals surface area contributed by atoms with E-state index >= 15 is 0 Å². The van der Waals surface area contributed by atoms with E-state index in [1.54, 1.807) is 11.5 Å². The van der Waals surface area contributed by atoms with Crippen molar-refractivity contribution in [3.63, 3.8) is 0 Å².